The van der Waals surface area contributed by atoms with Crippen molar-refractivity contribution in [1.29, 1.82) is 0 Å². The summed E-state index contributed by atoms with van der Waals surface area (Å²) in [6.07, 6.45) is -0.121. The van der Waals surface area contributed by atoms with Crippen LogP contribution < -0.4 is 10.6 Å². The van der Waals surface area contributed by atoms with Crippen LogP contribution in [0.2, 0.25) is 0 Å². The Morgan fingerprint density at radius 2 is 1.97 bits per heavy atom. The lowest BCUT2D eigenvalue weighted by atomic mass is 10.0. The second kappa shape index (κ2) is 12.0. The van der Waals surface area contributed by atoms with Gasteiger partial charge in [-0.2, -0.15) is 0 Å². The first-order chi connectivity index (χ1) is 16.2. The normalized spacial score (nSPS) is 19.1. The molecule has 182 valence electrons. The maximum absolute atomic E-state index is 13.0. The van der Waals surface area contributed by atoms with Crippen LogP contribution in [0, 0.1) is 5.92 Å². The zero-order valence-electron chi connectivity index (χ0n) is 19.1. The second-order valence-corrected chi connectivity index (χ2v) is 9.44. The Morgan fingerprint density at radius 1 is 1.24 bits per heavy atom. The molecule has 3 rings (SSSR count). The van der Waals surface area contributed by atoms with Gasteiger partial charge in [-0.05, 0) is 36.1 Å². The number of nitrogens with zero attached hydrogens (tertiary/aromatic N) is 2. The molecule has 1 saturated heterocycles. The lowest BCUT2D eigenvalue weighted by Gasteiger charge is -2.22. The number of ketones is 1. The van der Waals surface area contributed by atoms with Crippen molar-refractivity contribution >= 4 is 33.7 Å². The smallest absolute Gasteiger partial charge is 0.408 e. The number of amides is 2. The molecule has 0 spiro atoms. The Labute approximate surface area is 207 Å². The van der Waals surface area contributed by atoms with Gasteiger partial charge in [-0.1, -0.05) is 54.0 Å². The molecule has 2 unspecified atom stereocenters. The molecule has 3 atom stereocenters. The molecule has 2 aromatic rings. The molecule has 0 radical (unpaired) electrons. The Balaban J connectivity index is 1.59. The molecule has 3 N–H and O–H groups in total. The molecular weight excluding hydrogens is 504 g/mol. The van der Waals surface area contributed by atoms with Crippen molar-refractivity contribution in [2.75, 3.05) is 6.54 Å². The summed E-state index contributed by atoms with van der Waals surface area (Å²) in [5.74, 6) is -0.887. The summed E-state index contributed by atoms with van der Waals surface area (Å²) >= 11 is 3.47. The molecule has 0 bridgehead atoms. The predicted octanol–water partition coefficient (Wildman–Crippen LogP) is 2.37. The number of benzene rings is 1. The van der Waals surface area contributed by atoms with E-state index in [1.165, 1.54) is 0 Å². The number of alkyl carbamates (subject to hydrolysis) is 1. The van der Waals surface area contributed by atoms with Crippen molar-refractivity contribution in [3.63, 3.8) is 0 Å². The topological polar surface area (TPSA) is 121 Å². The average molecular weight is 533 g/mol. The third-order valence-corrected chi connectivity index (χ3v) is 6.18. The number of carbonyl (C=O) groups excluding carboxylic acids is 3. The molecule has 2 amide bonds. The fourth-order valence-electron chi connectivity index (χ4n) is 3.68. The van der Waals surface area contributed by atoms with Gasteiger partial charge in [0.2, 0.25) is 5.91 Å². The zero-order chi connectivity index (χ0) is 24.7. The van der Waals surface area contributed by atoms with E-state index in [0.29, 0.717) is 18.7 Å². The summed E-state index contributed by atoms with van der Waals surface area (Å²) in [6.45, 7) is 4.32. The number of Topliss-reactive ketones (excluding diaryl/α,β-unsaturated/α-hetero) is 1. The van der Waals surface area contributed by atoms with E-state index in [1.54, 1.807) is 29.3 Å². The highest BCUT2D eigenvalue weighted by molar-refractivity contribution is 9.10. The number of nitrogens with one attached hydrogen (secondary N) is 2. The molecule has 1 aromatic heterocycles. The van der Waals surface area contributed by atoms with Gasteiger partial charge in [0.15, 0.2) is 12.0 Å². The predicted molar refractivity (Wildman–Crippen MR) is 128 cm³/mol. The average Bonchev–Trinajstić information content (AvgIpc) is 3.07. The van der Waals surface area contributed by atoms with Crippen molar-refractivity contribution in [2.24, 2.45) is 5.92 Å². The number of hydrogen-bond donors (Lipinski definition) is 3. The summed E-state index contributed by atoms with van der Waals surface area (Å²) in [6, 6.07) is 11.0. The van der Waals surface area contributed by atoms with Crippen LogP contribution in [0.3, 0.4) is 0 Å². The first-order valence-electron chi connectivity index (χ1n) is 11.1. The van der Waals surface area contributed by atoms with Gasteiger partial charge in [0.25, 0.3) is 0 Å². The Morgan fingerprint density at radius 3 is 2.65 bits per heavy atom. The standard InChI is InChI=1S/C24H29BrN4O5/c1-15(2)11-19(28-24(33)34-14-17-8-5-6-10-26-17)22(31)27-20-13-29(23(32)21(20)30)12-16-7-3-4-9-18(16)25/h3-10,15,19-20,23,32H,11-14H2,1-2H3,(H,27,31)(H,28,33)/t19-,20?,23?/m0/s1. The molecule has 10 heteroatoms. The summed E-state index contributed by atoms with van der Waals surface area (Å²) < 4.78 is 6.05. The zero-order valence-corrected chi connectivity index (χ0v) is 20.7. The van der Waals surface area contributed by atoms with Gasteiger partial charge in [-0.3, -0.25) is 19.5 Å². The molecule has 34 heavy (non-hydrogen) atoms. The van der Waals surface area contributed by atoms with Crippen LogP contribution in [0.15, 0.2) is 53.1 Å². The van der Waals surface area contributed by atoms with Gasteiger partial charge in [0.05, 0.1) is 5.69 Å². The van der Waals surface area contributed by atoms with E-state index in [-0.39, 0.29) is 19.1 Å². The first kappa shape index (κ1) is 25.8. The molecular formula is C24H29BrN4O5. The molecule has 1 aliphatic rings. The van der Waals surface area contributed by atoms with Crippen molar-refractivity contribution in [3.8, 4) is 0 Å². The highest BCUT2D eigenvalue weighted by Crippen LogP contribution is 2.22. The van der Waals surface area contributed by atoms with E-state index in [2.05, 4.69) is 31.5 Å². The molecule has 0 saturated carbocycles. The molecule has 1 fully saturated rings. The number of halogens is 1. The third kappa shape index (κ3) is 7.09. The summed E-state index contributed by atoms with van der Waals surface area (Å²) in [4.78, 5) is 43.6. The van der Waals surface area contributed by atoms with Crippen LogP contribution in [-0.4, -0.2) is 57.6 Å². The largest absolute Gasteiger partial charge is 0.443 e. The molecule has 0 aliphatic carbocycles. The Bertz CT molecular complexity index is 1000. The summed E-state index contributed by atoms with van der Waals surface area (Å²) in [5.41, 5.74) is 1.49. The minimum absolute atomic E-state index is 0.0278. The highest BCUT2D eigenvalue weighted by atomic mass is 79.9. The summed E-state index contributed by atoms with van der Waals surface area (Å²) in [7, 11) is 0. The van der Waals surface area contributed by atoms with E-state index >= 15 is 0 Å². The van der Waals surface area contributed by atoms with Crippen molar-refractivity contribution in [1.82, 2.24) is 20.5 Å². The van der Waals surface area contributed by atoms with Gasteiger partial charge >= 0.3 is 6.09 Å². The van der Waals surface area contributed by atoms with Crippen molar-refractivity contribution < 1.29 is 24.2 Å². The number of rotatable bonds is 9. The summed E-state index contributed by atoms with van der Waals surface area (Å²) in [5, 5.41) is 15.7. The lowest BCUT2D eigenvalue weighted by Crippen LogP contribution is -2.52. The quantitative estimate of drug-likeness (QED) is 0.453. The Hall–Kier alpha value is -2.82. The fourth-order valence-corrected chi connectivity index (χ4v) is 4.09. The second-order valence-electron chi connectivity index (χ2n) is 8.58. The van der Waals surface area contributed by atoms with Crippen LogP contribution in [0.1, 0.15) is 31.5 Å². The van der Waals surface area contributed by atoms with Gasteiger partial charge in [-0.15, -0.1) is 0 Å². The minimum Gasteiger partial charge on any atom is -0.443 e. The molecule has 1 aliphatic heterocycles. The van der Waals surface area contributed by atoms with Crippen molar-refractivity contribution in [2.45, 2.75) is 51.7 Å². The van der Waals surface area contributed by atoms with Gasteiger partial charge in [0.1, 0.15) is 18.7 Å². The van der Waals surface area contributed by atoms with E-state index in [1.807, 2.05) is 38.1 Å². The number of carbonyl (C=O) groups is 3. The van der Waals surface area contributed by atoms with Crippen LogP contribution in [-0.2, 0) is 27.5 Å². The van der Waals surface area contributed by atoms with Crippen LogP contribution in [0.25, 0.3) is 0 Å². The fraction of sp³-hybridized carbons (Fsp3) is 0.417. The Kier molecular flexibility index (Phi) is 9.14. The first-order valence-corrected chi connectivity index (χ1v) is 11.9. The van der Waals surface area contributed by atoms with Crippen LogP contribution in [0.5, 0.6) is 0 Å². The maximum atomic E-state index is 13.0. The number of pyridine rings is 1. The highest BCUT2D eigenvalue weighted by Gasteiger charge is 2.41. The molecule has 1 aromatic carbocycles. The molecule has 9 nitrogen and oxygen atoms in total. The lowest BCUT2D eigenvalue weighted by molar-refractivity contribution is -0.133. The minimum atomic E-state index is -1.32. The number of hydrogen-bond acceptors (Lipinski definition) is 7. The number of likely N-dealkylation sites (tertiary alicyclic amines) is 1. The van der Waals surface area contributed by atoms with E-state index in [4.69, 9.17) is 4.74 Å². The van der Waals surface area contributed by atoms with Crippen LogP contribution >= 0.6 is 15.9 Å². The number of aliphatic hydroxyl groups excluding tert-OH is 1. The number of ether oxygens (including phenoxy) is 1. The van der Waals surface area contributed by atoms with Crippen LogP contribution in [0.4, 0.5) is 4.79 Å². The maximum Gasteiger partial charge on any atom is 0.408 e. The van der Waals surface area contributed by atoms with Gasteiger partial charge in [-0.25, -0.2) is 4.79 Å². The SMILES string of the molecule is CC(C)C[C@H](NC(=O)OCc1ccccn1)C(=O)NC1CN(Cc2ccccc2Br)C(O)C1=O. The number of aliphatic hydroxyl groups is 1. The third-order valence-electron chi connectivity index (χ3n) is 5.40. The molecule has 2 heterocycles. The van der Waals surface area contributed by atoms with E-state index < -0.39 is 36.1 Å². The number of aromatic nitrogens is 1. The van der Waals surface area contributed by atoms with E-state index in [9.17, 15) is 19.5 Å². The van der Waals surface area contributed by atoms with Crippen molar-refractivity contribution in [3.05, 3.63) is 64.4 Å². The van der Waals surface area contributed by atoms with Gasteiger partial charge in [0, 0.05) is 23.8 Å². The monoisotopic (exact) mass is 532 g/mol. The van der Waals surface area contributed by atoms with Gasteiger partial charge < -0.3 is 20.5 Å². The van der Waals surface area contributed by atoms with E-state index in [0.717, 1.165) is 10.0 Å².